The van der Waals surface area contributed by atoms with Gasteiger partial charge in [0.2, 0.25) is 0 Å². The number of halogens is 1. The van der Waals surface area contributed by atoms with Crippen LogP contribution in [0.5, 0.6) is 5.75 Å². The Morgan fingerprint density at radius 3 is 2.62 bits per heavy atom. The fourth-order valence-electron chi connectivity index (χ4n) is 3.43. The van der Waals surface area contributed by atoms with Crippen molar-refractivity contribution in [2.45, 2.75) is 6.42 Å². The summed E-state index contributed by atoms with van der Waals surface area (Å²) in [5, 5.41) is 3.49. The molecule has 0 saturated carbocycles. The number of hydrogen-bond donors (Lipinski definition) is 0. The summed E-state index contributed by atoms with van der Waals surface area (Å²) in [6.07, 6.45) is 0.139. The molecule has 0 aliphatic rings. The van der Waals surface area contributed by atoms with Crippen LogP contribution in [-0.4, -0.2) is 5.97 Å². The van der Waals surface area contributed by atoms with Crippen molar-refractivity contribution in [3.8, 4) is 16.9 Å². The number of esters is 1. The monoisotopic (exact) mass is 464 g/mol. The Morgan fingerprint density at radius 2 is 1.81 bits per heavy atom. The van der Waals surface area contributed by atoms with Gasteiger partial charge in [-0.1, -0.05) is 17.7 Å². The molecule has 0 aliphatic heterocycles. The highest BCUT2D eigenvalue weighted by atomic mass is 35.5. The van der Waals surface area contributed by atoms with Crippen LogP contribution in [0.25, 0.3) is 33.1 Å². The zero-order chi connectivity index (χ0) is 22.2. The van der Waals surface area contributed by atoms with Crippen molar-refractivity contribution in [2.75, 3.05) is 0 Å². The van der Waals surface area contributed by atoms with E-state index in [-0.39, 0.29) is 23.3 Å². The van der Waals surface area contributed by atoms with Gasteiger partial charge in [0.1, 0.15) is 16.9 Å². The first-order valence-corrected chi connectivity index (χ1v) is 10.8. The molecule has 0 amide bonds. The van der Waals surface area contributed by atoms with Gasteiger partial charge in [0, 0.05) is 38.4 Å². The number of benzene rings is 2. The molecule has 0 N–H and O–H groups in total. The van der Waals surface area contributed by atoms with Gasteiger partial charge in [-0.3, -0.25) is 4.79 Å². The number of hydrogen-bond acceptors (Lipinski definition) is 7. The quantitative estimate of drug-likeness (QED) is 0.200. The van der Waals surface area contributed by atoms with E-state index in [1.165, 1.54) is 23.5 Å². The van der Waals surface area contributed by atoms with E-state index in [4.69, 9.17) is 25.2 Å². The summed E-state index contributed by atoms with van der Waals surface area (Å²) in [6, 6.07) is 16.1. The largest absolute Gasteiger partial charge is 0.426 e. The summed E-state index contributed by atoms with van der Waals surface area (Å²) in [5.41, 5.74) is -0.142. The van der Waals surface area contributed by atoms with Crippen LogP contribution in [0.3, 0.4) is 0 Å². The number of fused-ring (bicyclic) bond motifs is 2. The highest BCUT2D eigenvalue weighted by Crippen LogP contribution is 2.30. The van der Waals surface area contributed by atoms with Crippen LogP contribution in [0.4, 0.5) is 0 Å². The maximum absolute atomic E-state index is 12.6. The molecule has 0 atom stereocenters. The molecular formula is C24H13ClO6S. The normalized spacial score (nSPS) is 11.2. The van der Waals surface area contributed by atoms with Crippen LogP contribution < -0.4 is 16.0 Å². The number of carbonyl (C=O) groups excluding carboxylic acids is 1. The molecular weight excluding hydrogens is 452 g/mol. The third kappa shape index (κ3) is 3.95. The molecule has 3 aromatic heterocycles. The predicted octanol–water partition coefficient (Wildman–Crippen LogP) is 5.43. The van der Waals surface area contributed by atoms with Crippen LogP contribution in [0.1, 0.15) is 4.88 Å². The van der Waals surface area contributed by atoms with E-state index >= 15 is 0 Å². The minimum absolute atomic E-state index is 0.139. The molecule has 0 saturated heterocycles. The maximum Gasteiger partial charge on any atom is 0.344 e. The molecule has 0 unspecified atom stereocenters. The summed E-state index contributed by atoms with van der Waals surface area (Å²) in [4.78, 5) is 37.9. The lowest BCUT2D eigenvalue weighted by Crippen LogP contribution is -2.10. The van der Waals surface area contributed by atoms with Crippen LogP contribution >= 0.6 is 22.9 Å². The van der Waals surface area contributed by atoms with E-state index in [9.17, 15) is 14.4 Å². The van der Waals surface area contributed by atoms with E-state index in [0.717, 1.165) is 4.88 Å². The minimum atomic E-state index is -0.653. The zero-order valence-electron chi connectivity index (χ0n) is 16.3. The second-order valence-corrected chi connectivity index (χ2v) is 8.47. The zero-order valence-corrected chi connectivity index (χ0v) is 17.9. The number of rotatable bonds is 4. The first-order valence-electron chi connectivity index (χ1n) is 9.51. The van der Waals surface area contributed by atoms with Gasteiger partial charge >= 0.3 is 17.2 Å². The number of ether oxygens (including phenoxy) is 1. The van der Waals surface area contributed by atoms with Gasteiger partial charge in [-0.2, -0.15) is 0 Å². The molecule has 158 valence electrons. The van der Waals surface area contributed by atoms with Crippen LogP contribution in [0.15, 0.2) is 84.5 Å². The summed E-state index contributed by atoms with van der Waals surface area (Å²) >= 11 is 7.52. The minimum Gasteiger partial charge on any atom is -0.426 e. The summed E-state index contributed by atoms with van der Waals surface area (Å²) in [6.45, 7) is 0. The van der Waals surface area contributed by atoms with Gasteiger partial charge in [-0.25, -0.2) is 9.59 Å². The summed E-state index contributed by atoms with van der Waals surface area (Å²) in [7, 11) is 0. The third-order valence-corrected chi connectivity index (χ3v) is 5.94. The van der Waals surface area contributed by atoms with E-state index in [0.29, 0.717) is 26.9 Å². The molecule has 3 heterocycles. The Bertz CT molecular complexity index is 1600. The SMILES string of the molecule is O=C(Cc1cccs1)Oc1ccc2c(-c3cc4cc(Cl)ccc4oc3=O)cc(=O)oc2c1. The first kappa shape index (κ1) is 20.2. The molecule has 32 heavy (non-hydrogen) atoms. The van der Waals surface area contributed by atoms with Gasteiger partial charge in [0.25, 0.3) is 0 Å². The lowest BCUT2D eigenvalue weighted by molar-refractivity contribution is -0.133. The molecule has 0 aliphatic carbocycles. The molecule has 6 nitrogen and oxygen atoms in total. The average molecular weight is 465 g/mol. The Kier molecular flexibility index (Phi) is 5.13. The van der Waals surface area contributed by atoms with Gasteiger partial charge < -0.3 is 13.6 Å². The first-order chi connectivity index (χ1) is 15.5. The predicted molar refractivity (Wildman–Crippen MR) is 123 cm³/mol. The van der Waals surface area contributed by atoms with Crippen molar-refractivity contribution < 1.29 is 18.4 Å². The van der Waals surface area contributed by atoms with Crippen molar-refractivity contribution in [2.24, 2.45) is 0 Å². The maximum atomic E-state index is 12.6. The summed E-state index contributed by atoms with van der Waals surface area (Å²) < 4.78 is 16.1. The van der Waals surface area contributed by atoms with Gasteiger partial charge in [0.05, 0.1) is 12.0 Å². The highest BCUT2D eigenvalue weighted by molar-refractivity contribution is 7.10. The molecule has 0 spiro atoms. The van der Waals surface area contributed by atoms with E-state index in [1.807, 2.05) is 17.5 Å². The van der Waals surface area contributed by atoms with Crippen LogP contribution in [0, 0.1) is 0 Å². The standard InChI is InChI=1S/C24H13ClO6S/c25-14-3-6-20-13(8-14)9-19(24(28)31-20)18-12-23(27)30-21-10-15(4-5-17(18)21)29-22(26)11-16-2-1-7-32-16/h1-10,12H,11H2. The molecule has 8 heteroatoms. The third-order valence-electron chi connectivity index (χ3n) is 4.83. The molecule has 2 aromatic carbocycles. The fourth-order valence-corrected chi connectivity index (χ4v) is 4.31. The fraction of sp³-hybridized carbons (Fsp3) is 0.0417. The smallest absolute Gasteiger partial charge is 0.344 e. The Balaban J connectivity index is 1.57. The van der Waals surface area contributed by atoms with E-state index in [2.05, 4.69) is 0 Å². The lowest BCUT2D eigenvalue weighted by Gasteiger charge is -2.08. The topological polar surface area (TPSA) is 86.7 Å². The van der Waals surface area contributed by atoms with E-state index < -0.39 is 17.2 Å². The highest BCUT2D eigenvalue weighted by Gasteiger charge is 2.15. The second kappa shape index (κ2) is 8.11. The van der Waals surface area contributed by atoms with Crippen LogP contribution in [-0.2, 0) is 11.2 Å². The van der Waals surface area contributed by atoms with Gasteiger partial charge in [-0.05, 0) is 47.8 Å². The van der Waals surface area contributed by atoms with E-state index in [1.54, 1.807) is 36.4 Å². The van der Waals surface area contributed by atoms with Crippen molar-refractivity contribution in [3.05, 3.63) is 96.8 Å². The number of carbonyl (C=O) groups is 1. The lowest BCUT2D eigenvalue weighted by atomic mass is 10.0. The summed E-state index contributed by atoms with van der Waals surface area (Å²) in [5.74, 6) is -0.200. The molecule has 0 fully saturated rings. The molecule has 0 radical (unpaired) electrons. The van der Waals surface area contributed by atoms with Crippen molar-refractivity contribution >= 4 is 50.8 Å². The van der Waals surface area contributed by atoms with Gasteiger partial charge in [-0.15, -0.1) is 11.3 Å². The van der Waals surface area contributed by atoms with Crippen molar-refractivity contribution in [1.29, 1.82) is 0 Å². The Labute approximate surface area is 189 Å². The Morgan fingerprint density at radius 1 is 0.938 bits per heavy atom. The Hall–Kier alpha value is -3.68. The van der Waals surface area contributed by atoms with Crippen molar-refractivity contribution in [1.82, 2.24) is 0 Å². The molecule has 5 rings (SSSR count). The molecule has 0 bridgehead atoms. The average Bonchev–Trinajstić information content (AvgIpc) is 3.25. The van der Waals surface area contributed by atoms with Crippen molar-refractivity contribution in [3.63, 3.8) is 0 Å². The van der Waals surface area contributed by atoms with Crippen LogP contribution in [0.2, 0.25) is 5.02 Å². The second-order valence-electron chi connectivity index (χ2n) is 7.00. The number of thiophene rings is 1. The van der Waals surface area contributed by atoms with Gasteiger partial charge in [0.15, 0.2) is 0 Å². The molecule has 5 aromatic rings.